The van der Waals surface area contributed by atoms with Crippen LogP contribution < -0.4 is 5.73 Å². The summed E-state index contributed by atoms with van der Waals surface area (Å²) in [5, 5.41) is 8.97. The maximum Gasteiger partial charge on any atom is 0.339 e. The highest BCUT2D eigenvalue weighted by Crippen LogP contribution is 2.26. The number of hydrogen-bond donors (Lipinski definition) is 2. The summed E-state index contributed by atoms with van der Waals surface area (Å²) < 4.78 is 13.4. The molecule has 18 heavy (non-hydrogen) atoms. The number of nitrogen functional groups attached to an aromatic ring is 1. The number of aromatic nitrogens is 1. The van der Waals surface area contributed by atoms with Crippen molar-refractivity contribution in [2.45, 2.75) is 6.92 Å². The van der Waals surface area contributed by atoms with Crippen molar-refractivity contribution in [3.8, 4) is 11.1 Å². The van der Waals surface area contributed by atoms with Gasteiger partial charge in [0.05, 0.1) is 0 Å². The third-order valence-corrected chi connectivity index (χ3v) is 2.73. The number of carboxylic acid groups (broad SMARTS) is 1. The fourth-order valence-electron chi connectivity index (χ4n) is 1.71. The molecule has 92 valence electrons. The Hall–Kier alpha value is -2.43. The monoisotopic (exact) mass is 246 g/mol. The molecular formula is C13H11FN2O2. The zero-order valence-corrected chi connectivity index (χ0v) is 9.64. The van der Waals surface area contributed by atoms with Crippen LogP contribution in [0.3, 0.4) is 0 Å². The van der Waals surface area contributed by atoms with Gasteiger partial charge in [-0.3, -0.25) is 0 Å². The molecule has 0 saturated carbocycles. The van der Waals surface area contributed by atoms with Crippen LogP contribution in [0.25, 0.3) is 11.1 Å². The lowest BCUT2D eigenvalue weighted by molar-refractivity contribution is 0.0697. The number of hydrogen-bond acceptors (Lipinski definition) is 3. The van der Waals surface area contributed by atoms with E-state index >= 15 is 0 Å². The molecule has 0 saturated heterocycles. The van der Waals surface area contributed by atoms with Crippen molar-refractivity contribution >= 4 is 11.8 Å². The topological polar surface area (TPSA) is 76.2 Å². The summed E-state index contributed by atoms with van der Waals surface area (Å²) in [5.74, 6) is -1.56. The van der Waals surface area contributed by atoms with E-state index in [4.69, 9.17) is 10.8 Å². The van der Waals surface area contributed by atoms with Crippen LogP contribution in [0.4, 0.5) is 10.2 Å². The summed E-state index contributed by atoms with van der Waals surface area (Å²) >= 11 is 0. The maximum absolute atomic E-state index is 13.4. The number of carbonyl (C=O) groups is 1. The molecule has 1 heterocycles. The molecular weight excluding hydrogens is 235 g/mol. The van der Waals surface area contributed by atoms with E-state index in [0.717, 1.165) is 0 Å². The van der Waals surface area contributed by atoms with Gasteiger partial charge in [0.2, 0.25) is 0 Å². The summed E-state index contributed by atoms with van der Waals surface area (Å²) in [6, 6.07) is 6.01. The van der Waals surface area contributed by atoms with Crippen LogP contribution in [0, 0.1) is 12.7 Å². The Bertz CT molecular complexity index is 626. The molecule has 5 heteroatoms. The van der Waals surface area contributed by atoms with Gasteiger partial charge in [0.15, 0.2) is 0 Å². The van der Waals surface area contributed by atoms with Crippen molar-refractivity contribution in [3.05, 3.63) is 47.4 Å². The summed E-state index contributed by atoms with van der Waals surface area (Å²) in [6.45, 7) is 1.63. The fraction of sp³-hybridized carbons (Fsp3) is 0.0769. The molecule has 0 aliphatic rings. The average Bonchev–Trinajstić information content (AvgIpc) is 2.33. The van der Waals surface area contributed by atoms with Gasteiger partial charge in [0.25, 0.3) is 0 Å². The van der Waals surface area contributed by atoms with Gasteiger partial charge in [-0.1, -0.05) is 12.1 Å². The number of anilines is 1. The molecule has 2 aromatic rings. The third kappa shape index (κ3) is 2.02. The van der Waals surface area contributed by atoms with E-state index in [1.807, 2.05) is 0 Å². The van der Waals surface area contributed by atoms with Gasteiger partial charge in [-0.15, -0.1) is 0 Å². The second-order valence-corrected chi connectivity index (χ2v) is 3.87. The highest BCUT2D eigenvalue weighted by molar-refractivity contribution is 5.94. The maximum atomic E-state index is 13.4. The zero-order valence-electron chi connectivity index (χ0n) is 9.64. The lowest BCUT2D eigenvalue weighted by Gasteiger charge is -2.08. The van der Waals surface area contributed by atoms with Crippen molar-refractivity contribution in [2.24, 2.45) is 0 Å². The highest BCUT2D eigenvalue weighted by Gasteiger charge is 2.13. The van der Waals surface area contributed by atoms with Gasteiger partial charge in [-0.25, -0.2) is 14.2 Å². The van der Waals surface area contributed by atoms with Gasteiger partial charge < -0.3 is 10.8 Å². The lowest BCUT2D eigenvalue weighted by Crippen LogP contribution is -2.05. The number of aromatic carboxylic acids is 1. The van der Waals surface area contributed by atoms with E-state index in [-0.39, 0.29) is 17.2 Å². The largest absolute Gasteiger partial charge is 0.478 e. The van der Waals surface area contributed by atoms with Crippen LogP contribution in [0.1, 0.15) is 15.9 Å². The van der Waals surface area contributed by atoms with E-state index < -0.39 is 5.97 Å². The molecule has 1 aromatic carbocycles. The molecule has 0 aliphatic carbocycles. The van der Waals surface area contributed by atoms with Crippen LogP contribution in [-0.2, 0) is 0 Å². The number of carboxylic acids is 1. The minimum absolute atomic E-state index is 0.0553. The number of nitrogens with zero attached hydrogens (tertiary/aromatic N) is 1. The summed E-state index contributed by atoms with van der Waals surface area (Å²) in [4.78, 5) is 14.8. The predicted molar refractivity (Wildman–Crippen MR) is 65.7 cm³/mol. The van der Waals surface area contributed by atoms with Gasteiger partial charge in [0.1, 0.15) is 17.2 Å². The van der Waals surface area contributed by atoms with E-state index in [0.29, 0.717) is 16.7 Å². The van der Waals surface area contributed by atoms with E-state index in [1.54, 1.807) is 19.1 Å². The molecule has 4 nitrogen and oxygen atoms in total. The molecule has 0 aliphatic heterocycles. The minimum Gasteiger partial charge on any atom is -0.478 e. The molecule has 2 rings (SSSR count). The van der Waals surface area contributed by atoms with Crippen LogP contribution >= 0.6 is 0 Å². The molecule has 0 unspecified atom stereocenters. The van der Waals surface area contributed by atoms with E-state index in [1.165, 1.54) is 18.3 Å². The van der Waals surface area contributed by atoms with Crippen molar-refractivity contribution in [1.29, 1.82) is 0 Å². The Morgan fingerprint density at radius 2 is 2.17 bits per heavy atom. The smallest absolute Gasteiger partial charge is 0.339 e. The van der Waals surface area contributed by atoms with Crippen molar-refractivity contribution in [1.82, 2.24) is 4.98 Å². The predicted octanol–water partition coefficient (Wildman–Crippen LogP) is 2.48. The molecule has 0 amide bonds. The molecule has 0 bridgehead atoms. The van der Waals surface area contributed by atoms with Crippen LogP contribution in [0.15, 0.2) is 30.5 Å². The van der Waals surface area contributed by atoms with E-state index in [9.17, 15) is 9.18 Å². The van der Waals surface area contributed by atoms with E-state index in [2.05, 4.69) is 4.98 Å². The molecule has 0 fully saturated rings. The van der Waals surface area contributed by atoms with Gasteiger partial charge >= 0.3 is 5.97 Å². The average molecular weight is 246 g/mol. The molecule has 0 radical (unpaired) electrons. The third-order valence-electron chi connectivity index (χ3n) is 2.73. The number of pyridine rings is 1. The standard InChI is InChI=1S/C13H11FN2O2/c1-7-9(3-2-4-11(7)14)8-5-10(13(17)18)12(15)16-6-8/h2-6H,1H3,(H2,15,16)(H,17,18). The number of rotatable bonds is 2. The van der Waals surface area contributed by atoms with Crippen LogP contribution in [-0.4, -0.2) is 16.1 Å². The second kappa shape index (κ2) is 4.44. The first-order valence-electron chi connectivity index (χ1n) is 5.25. The first kappa shape index (κ1) is 12.0. The number of nitrogens with two attached hydrogens (primary N) is 1. The Kier molecular flexibility index (Phi) is 2.97. The Labute approximate surface area is 103 Å². The quantitative estimate of drug-likeness (QED) is 0.853. The molecule has 1 aromatic heterocycles. The highest BCUT2D eigenvalue weighted by atomic mass is 19.1. The molecule has 3 N–H and O–H groups in total. The number of benzene rings is 1. The van der Waals surface area contributed by atoms with Crippen LogP contribution in [0.2, 0.25) is 0 Å². The van der Waals surface area contributed by atoms with Crippen molar-refractivity contribution in [3.63, 3.8) is 0 Å². The zero-order chi connectivity index (χ0) is 13.3. The van der Waals surface area contributed by atoms with Gasteiger partial charge in [0, 0.05) is 11.8 Å². The fourth-order valence-corrected chi connectivity index (χ4v) is 1.71. The first-order valence-corrected chi connectivity index (χ1v) is 5.25. The Morgan fingerprint density at radius 3 is 2.83 bits per heavy atom. The van der Waals surface area contributed by atoms with Crippen molar-refractivity contribution in [2.75, 3.05) is 5.73 Å². The summed E-state index contributed by atoms with van der Waals surface area (Å²) in [6.07, 6.45) is 1.43. The van der Waals surface area contributed by atoms with Crippen molar-refractivity contribution < 1.29 is 14.3 Å². The van der Waals surface area contributed by atoms with Crippen LogP contribution in [0.5, 0.6) is 0 Å². The minimum atomic E-state index is -1.16. The number of halogens is 1. The SMILES string of the molecule is Cc1c(F)cccc1-c1cnc(N)c(C(=O)O)c1. The Balaban J connectivity index is 2.62. The lowest BCUT2D eigenvalue weighted by atomic mass is 10.0. The summed E-state index contributed by atoms with van der Waals surface area (Å²) in [7, 11) is 0. The van der Waals surface area contributed by atoms with Gasteiger partial charge in [-0.05, 0) is 30.2 Å². The Morgan fingerprint density at radius 1 is 1.44 bits per heavy atom. The first-order chi connectivity index (χ1) is 8.50. The molecule has 0 atom stereocenters. The summed E-state index contributed by atoms with van der Waals surface area (Å²) in [5.41, 5.74) is 6.96. The second-order valence-electron chi connectivity index (χ2n) is 3.87. The van der Waals surface area contributed by atoms with Gasteiger partial charge in [-0.2, -0.15) is 0 Å². The normalized spacial score (nSPS) is 10.3. The molecule has 0 spiro atoms.